The van der Waals surface area contributed by atoms with E-state index in [-0.39, 0.29) is 17.6 Å². The van der Waals surface area contributed by atoms with E-state index >= 15 is 0 Å². The molecule has 1 aliphatic heterocycles. The summed E-state index contributed by atoms with van der Waals surface area (Å²) >= 11 is 0. The minimum atomic E-state index is -1.15. The molecule has 3 rings (SSSR count). The Bertz CT molecular complexity index is 1340. The zero-order valence-corrected chi connectivity index (χ0v) is 24.9. The smallest absolute Gasteiger partial charge is 0.239 e. The second-order valence-electron chi connectivity index (χ2n) is 11.1. The van der Waals surface area contributed by atoms with E-state index in [1.165, 1.54) is 6.08 Å². The third-order valence-electron chi connectivity index (χ3n) is 7.80. The maximum Gasteiger partial charge on any atom is 0.239 e. The Morgan fingerprint density at radius 1 is 1.25 bits per heavy atom. The molecule has 0 atom stereocenters. The molecule has 0 saturated heterocycles. The highest BCUT2D eigenvalue weighted by Gasteiger charge is 2.50. The van der Waals surface area contributed by atoms with Crippen molar-refractivity contribution in [1.29, 1.82) is 0 Å². The van der Waals surface area contributed by atoms with E-state index in [0.29, 0.717) is 22.9 Å². The van der Waals surface area contributed by atoms with Gasteiger partial charge in [0.25, 0.3) is 0 Å². The highest BCUT2D eigenvalue weighted by atomic mass is 19.2. The lowest BCUT2D eigenvalue weighted by molar-refractivity contribution is -0.123. The first-order valence-corrected chi connectivity index (χ1v) is 14.0. The minimum Gasteiger partial charge on any atom is -0.356 e. The van der Waals surface area contributed by atoms with Crippen LogP contribution >= 0.6 is 0 Å². The molecular formula is C33H42F2N4O. The topological polar surface area (TPSA) is 57.6 Å². The summed E-state index contributed by atoms with van der Waals surface area (Å²) in [6.45, 7) is 20.7. The van der Waals surface area contributed by atoms with Gasteiger partial charge in [-0.05, 0) is 89.2 Å². The fourth-order valence-corrected chi connectivity index (χ4v) is 5.06. The van der Waals surface area contributed by atoms with E-state index in [4.69, 9.17) is 4.98 Å². The van der Waals surface area contributed by atoms with Crippen LogP contribution in [0.15, 0.2) is 83.0 Å². The van der Waals surface area contributed by atoms with Gasteiger partial charge in [-0.15, -0.1) is 0 Å². The van der Waals surface area contributed by atoms with Gasteiger partial charge in [0.05, 0.1) is 28.2 Å². The molecule has 0 radical (unpaired) electrons. The van der Waals surface area contributed by atoms with Crippen LogP contribution in [0.1, 0.15) is 85.4 Å². The molecule has 1 fully saturated rings. The monoisotopic (exact) mass is 548 g/mol. The molecule has 0 aromatic carbocycles. The number of nitrogens with zero attached hydrogens (tertiary/aromatic N) is 3. The zero-order chi connectivity index (χ0) is 29.8. The van der Waals surface area contributed by atoms with Crippen LogP contribution < -0.4 is 10.2 Å². The molecule has 40 heavy (non-hydrogen) atoms. The highest BCUT2D eigenvalue weighted by molar-refractivity contribution is 6.07. The molecular weight excluding hydrogens is 506 g/mol. The Kier molecular flexibility index (Phi) is 9.82. The largest absolute Gasteiger partial charge is 0.356 e. The second kappa shape index (κ2) is 12.7. The number of hydrogen-bond donors (Lipinski definition) is 1. The molecule has 1 amide bonds. The summed E-state index contributed by atoms with van der Waals surface area (Å²) in [6.07, 6.45) is 12.3. The molecule has 1 aromatic rings. The molecule has 2 heterocycles. The number of allylic oxidation sites excluding steroid dienone is 8. The number of anilines is 1. The van der Waals surface area contributed by atoms with E-state index in [1.807, 2.05) is 44.7 Å². The molecule has 5 nitrogen and oxygen atoms in total. The van der Waals surface area contributed by atoms with Crippen LogP contribution in [0.3, 0.4) is 0 Å². The first-order valence-electron chi connectivity index (χ1n) is 14.0. The van der Waals surface area contributed by atoms with Crippen LogP contribution in [0.2, 0.25) is 0 Å². The zero-order valence-electron chi connectivity index (χ0n) is 24.9. The lowest BCUT2D eigenvalue weighted by Crippen LogP contribution is -2.49. The molecule has 1 aliphatic carbocycles. The van der Waals surface area contributed by atoms with Crippen LogP contribution in [0.5, 0.6) is 0 Å². The van der Waals surface area contributed by atoms with E-state index in [1.54, 1.807) is 32.3 Å². The molecule has 0 unspecified atom stereocenters. The first-order chi connectivity index (χ1) is 18.9. The van der Waals surface area contributed by atoms with Crippen LogP contribution in [0.25, 0.3) is 5.57 Å². The predicted octanol–water partition coefficient (Wildman–Crippen LogP) is 8.40. The van der Waals surface area contributed by atoms with E-state index in [2.05, 4.69) is 30.4 Å². The lowest BCUT2D eigenvalue weighted by Gasteiger charge is -2.41. The lowest BCUT2D eigenvalue weighted by atomic mass is 9.77. The molecule has 1 N–H and O–H groups in total. The van der Waals surface area contributed by atoms with Crippen LogP contribution in [0, 0.1) is 5.92 Å². The third kappa shape index (κ3) is 6.24. The summed E-state index contributed by atoms with van der Waals surface area (Å²) in [5, 5.41) is 2.95. The minimum absolute atomic E-state index is 0.0269. The summed E-state index contributed by atoms with van der Waals surface area (Å²) in [7, 11) is 0. The van der Waals surface area contributed by atoms with Gasteiger partial charge < -0.3 is 10.2 Å². The number of halogens is 2. The average Bonchev–Trinajstić information content (AvgIpc) is 3.09. The quantitative estimate of drug-likeness (QED) is 0.223. The van der Waals surface area contributed by atoms with Gasteiger partial charge in [-0.25, -0.2) is 8.78 Å². The Morgan fingerprint density at radius 2 is 1.93 bits per heavy atom. The second-order valence-corrected chi connectivity index (χ2v) is 11.1. The Hall–Kier alpha value is -3.61. The normalized spacial score (nSPS) is 21.8. The van der Waals surface area contributed by atoms with Crippen molar-refractivity contribution in [3.05, 3.63) is 89.2 Å². The van der Waals surface area contributed by atoms with E-state index in [9.17, 15) is 13.6 Å². The average molecular weight is 549 g/mol. The van der Waals surface area contributed by atoms with Crippen molar-refractivity contribution >= 4 is 23.4 Å². The summed E-state index contributed by atoms with van der Waals surface area (Å²) in [5.74, 6) is -1.45. The van der Waals surface area contributed by atoms with Gasteiger partial charge in [-0.3, -0.25) is 14.8 Å². The maximum absolute atomic E-state index is 14.4. The fraction of sp³-hybridized carbons (Fsp3) is 0.424. The number of pyridine rings is 1. The van der Waals surface area contributed by atoms with Gasteiger partial charge >= 0.3 is 0 Å². The molecule has 2 aliphatic rings. The summed E-state index contributed by atoms with van der Waals surface area (Å²) < 4.78 is 27.9. The summed E-state index contributed by atoms with van der Waals surface area (Å²) in [6, 6.07) is 2.20. The number of carbonyl (C=O) groups excluding carboxylic acids is 1. The van der Waals surface area contributed by atoms with Crippen molar-refractivity contribution in [2.45, 2.75) is 85.6 Å². The molecule has 1 aromatic heterocycles. The first kappa shape index (κ1) is 30.9. The van der Waals surface area contributed by atoms with Crippen LogP contribution in [-0.2, 0) is 10.2 Å². The maximum atomic E-state index is 14.4. The van der Waals surface area contributed by atoms with Crippen LogP contribution in [0.4, 0.5) is 14.5 Å². The Morgan fingerprint density at radius 3 is 2.50 bits per heavy atom. The number of aromatic nitrogens is 1. The predicted molar refractivity (Wildman–Crippen MR) is 162 cm³/mol. The van der Waals surface area contributed by atoms with Crippen LogP contribution in [-0.4, -0.2) is 23.1 Å². The van der Waals surface area contributed by atoms with Gasteiger partial charge in [-0.2, -0.15) is 0 Å². The van der Waals surface area contributed by atoms with Crippen molar-refractivity contribution in [1.82, 2.24) is 10.3 Å². The number of aliphatic imine (C=N–C) groups is 1. The van der Waals surface area contributed by atoms with Gasteiger partial charge in [0.2, 0.25) is 5.91 Å². The van der Waals surface area contributed by atoms with Crippen molar-refractivity contribution in [3.8, 4) is 0 Å². The molecule has 7 heteroatoms. The number of nitrogens with one attached hydrogen (secondary N) is 1. The van der Waals surface area contributed by atoms with Gasteiger partial charge in [0, 0.05) is 29.7 Å². The number of carbonyl (C=O) groups is 1. The third-order valence-corrected chi connectivity index (χ3v) is 7.80. The van der Waals surface area contributed by atoms with Gasteiger partial charge in [0.1, 0.15) is 0 Å². The number of rotatable bonds is 11. The number of hydrogen-bond acceptors (Lipinski definition) is 4. The summed E-state index contributed by atoms with van der Waals surface area (Å²) in [5.41, 5.74) is 4.35. The van der Waals surface area contributed by atoms with Crippen molar-refractivity contribution in [2.24, 2.45) is 10.9 Å². The van der Waals surface area contributed by atoms with Crippen molar-refractivity contribution in [3.63, 3.8) is 0 Å². The number of fused-ring (bicyclic) bond motifs is 1. The van der Waals surface area contributed by atoms with Gasteiger partial charge in [-0.1, -0.05) is 39.5 Å². The van der Waals surface area contributed by atoms with E-state index < -0.39 is 17.1 Å². The van der Waals surface area contributed by atoms with E-state index in [0.717, 1.165) is 48.2 Å². The van der Waals surface area contributed by atoms with Crippen molar-refractivity contribution in [2.75, 3.05) is 4.90 Å². The highest BCUT2D eigenvalue weighted by Crippen LogP contribution is 2.47. The molecule has 0 bridgehead atoms. The standard InChI is InChI=1S/C33H42F2N4O/c1-10-13-27(30(35)22(6)34)38-23(7)21(5)28(36-14-11-2)15-20(4)25-18-29-31(37-19-25)33(8,9)32(40)39(29)26-16-24(12-3)17-26/h10,13-15,18-19,24,26,38H,4,6,11-12,16-17H2,1-3,5,7-9H3/b13-10?,23-21+,28-15+,30-27-,36-14?. The Balaban J connectivity index is 2.00. The van der Waals surface area contributed by atoms with Gasteiger partial charge in [0.15, 0.2) is 11.7 Å². The summed E-state index contributed by atoms with van der Waals surface area (Å²) in [4.78, 5) is 24.8. The fourth-order valence-electron chi connectivity index (χ4n) is 5.06. The molecule has 0 spiro atoms. The SMILES string of the molecule is C=C(F)/C(F)=C(\C=CC)N/C(C)=C(C)/C(=C\C(=C)c1cnc2c(c1)N(C1CC(CC)C1)C(=O)C2(C)C)N=CCC. The Labute approximate surface area is 237 Å². The molecule has 214 valence electrons. The molecule has 1 saturated carbocycles. The van der Waals surface area contributed by atoms with Crippen molar-refractivity contribution < 1.29 is 13.6 Å². The number of amides is 1.